The first-order valence-electron chi connectivity index (χ1n) is 5.23. The maximum Gasteiger partial charge on any atom is 0.358 e. The van der Waals surface area contributed by atoms with Crippen LogP contribution in [0, 0.1) is 20.8 Å². The summed E-state index contributed by atoms with van der Waals surface area (Å²) < 4.78 is 1.55. The Morgan fingerprint density at radius 1 is 1.18 bits per heavy atom. The minimum absolute atomic E-state index is 0.0100. The highest BCUT2D eigenvalue weighted by Gasteiger charge is 2.16. The highest BCUT2D eigenvalue weighted by molar-refractivity contribution is 5.86. The molecular formula is C12H13N3O2. The zero-order valence-corrected chi connectivity index (χ0v) is 9.93. The van der Waals surface area contributed by atoms with Crippen LogP contribution in [0.4, 0.5) is 0 Å². The third-order valence-electron chi connectivity index (χ3n) is 2.55. The number of nitrogens with zero attached hydrogens (tertiary/aromatic N) is 3. The molecule has 0 radical (unpaired) electrons. The van der Waals surface area contributed by atoms with Crippen LogP contribution < -0.4 is 0 Å². The van der Waals surface area contributed by atoms with E-state index in [4.69, 9.17) is 5.11 Å². The second-order valence-electron chi connectivity index (χ2n) is 4.09. The van der Waals surface area contributed by atoms with Crippen LogP contribution in [0.1, 0.15) is 27.3 Å². The summed E-state index contributed by atoms with van der Waals surface area (Å²) >= 11 is 0. The number of aromatic carboxylic acids is 1. The Hall–Kier alpha value is -2.17. The van der Waals surface area contributed by atoms with Crippen LogP contribution in [-0.4, -0.2) is 26.1 Å². The van der Waals surface area contributed by atoms with Gasteiger partial charge in [0.05, 0.1) is 11.4 Å². The molecule has 1 N–H and O–H groups in total. The topological polar surface area (TPSA) is 68.0 Å². The first-order chi connectivity index (χ1) is 7.99. The smallest absolute Gasteiger partial charge is 0.358 e. The van der Waals surface area contributed by atoms with Gasteiger partial charge in [0.1, 0.15) is 0 Å². The van der Waals surface area contributed by atoms with E-state index in [1.54, 1.807) is 11.6 Å². The van der Waals surface area contributed by atoms with Crippen molar-refractivity contribution in [2.45, 2.75) is 20.8 Å². The monoisotopic (exact) mass is 231 g/mol. The second-order valence-corrected chi connectivity index (χ2v) is 4.09. The highest BCUT2D eigenvalue weighted by Crippen LogP contribution is 2.15. The summed E-state index contributed by atoms with van der Waals surface area (Å²) in [5.41, 5.74) is 3.56. The van der Waals surface area contributed by atoms with Gasteiger partial charge in [-0.2, -0.15) is 0 Å². The maximum absolute atomic E-state index is 10.9. The van der Waals surface area contributed by atoms with Crippen LogP contribution in [0.25, 0.3) is 5.69 Å². The molecule has 1 heterocycles. The van der Waals surface area contributed by atoms with Crippen LogP contribution in [0.15, 0.2) is 18.2 Å². The number of aromatic nitrogens is 3. The Kier molecular flexibility index (Phi) is 2.67. The number of carboxylic acid groups (broad SMARTS) is 1. The maximum atomic E-state index is 10.9. The van der Waals surface area contributed by atoms with E-state index in [0.29, 0.717) is 5.69 Å². The summed E-state index contributed by atoms with van der Waals surface area (Å²) in [6, 6.07) is 5.94. The average Bonchev–Trinajstić information content (AvgIpc) is 2.58. The van der Waals surface area contributed by atoms with Crippen molar-refractivity contribution in [3.63, 3.8) is 0 Å². The van der Waals surface area contributed by atoms with Gasteiger partial charge in [-0.3, -0.25) is 0 Å². The zero-order valence-electron chi connectivity index (χ0n) is 9.93. The first-order valence-corrected chi connectivity index (χ1v) is 5.23. The van der Waals surface area contributed by atoms with Gasteiger partial charge in [-0.25, -0.2) is 9.48 Å². The van der Waals surface area contributed by atoms with Crippen LogP contribution in [0.2, 0.25) is 0 Å². The van der Waals surface area contributed by atoms with Crippen molar-refractivity contribution in [1.82, 2.24) is 15.0 Å². The molecule has 0 spiro atoms. The van der Waals surface area contributed by atoms with Crippen LogP contribution in [0.5, 0.6) is 0 Å². The molecule has 0 aliphatic heterocycles. The van der Waals surface area contributed by atoms with Crippen molar-refractivity contribution in [2.75, 3.05) is 0 Å². The fourth-order valence-corrected chi connectivity index (χ4v) is 1.84. The van der Waals surface area contributed by atoms with Crippen molar-refractivity contribution in [1.29, 1.82) is 0 Å². The lowest BCUT2D eigenvalue weighted by atomic mass is 10.1. The predicted molar refractivity (Wildman–Crippen MR) is 62.5 cm³/mol. The van der Waals surface area contributed by atoms with Crippen LogP contribution in [0.3, 0.4) is 0 Å². The van der Waals surface area contributed by atoms with E-state index in [9.17, 15) is 4.79 Å². The Morgan fingerprint density at radius 2 is 1.76 bits per heavy atom. The van der Waals surface area contributed by atoms with E-state index in [2.05, 4.69) is 10.3 Å². The molecular weight excluding hydrogens is 218 g/mol. The molecule has 0 saturated carbocycles. The fourth-order valence-electron chi connectivity index (χ4n) is 1.84. The van der Waals surface area contributed by atoms with Crippen molar-refractivity contribution in [3.8, 4) is 5.69 Å². The second kappa shape index (κ2) is 4.01. The lowest BCUT2D eigenvalue weighted by Gasteiger charge is -2.06. The van der Waals surface area contributed by atoms with Gasteiger partial charge in [0, 0.05) is 0 Å². The van der Waals surface area contributed by atoms with Gasteiger partial charge in [-0.05, 0) is 44.0 Å². The molecule has 5 nitrogen and oxygen atoms in total. The highest BCUT2D eigenvalue weighted by atomic mass is 16.4. The van der Waals surface area contributed by atoms with Crippen LogP contribution in [-0.2, 0) is 0 Å². The molecule has 0 atom stereocenters. The molecule has 0 saturated heterocycles. The lowest BCUT2D eigenvalue weighted by Crippen LogP contribution is -2.03. The fraction of sp³-hybridized carbons (Fsp3) is 0.250. The molecule has 0 bridgehead atoms. The molecule has 2 aromatic rings. The van der Waals surface area contributed by atoms with Gasteiger partial charge >= 0.3 is 5.97 Å². The molecule has 5 heteroatoms. The SMILES string of the molecule is Cc1cc(C)cc(-n2nnc(C(=O)O)c2C)c1. The molecule has 2 rings (SSSR count). The molecule has 0 fully saturated rings. The summed E-state index contributed by atoms with van der Waals surface area (Å²) in [5.74, 6) is -1.06. The normalized spacial score (nSPS) is 10.5. The van der Waals surface area contributed by atoms with Gasteiger partial charge in [-0.15, -0.1) is 5.10 Å². The van der Waals surface area contributed by atoms with Gasteiger partial charge < -0.3 is 5.11 Å². The number of hydrogen-bond donors (Lipinski definition) is 1. The Labute approximate surface area is 98.7 Å². The number of benzene rings is 1. The zero-order chi connectivity index (χ0) is 12.6. The minimum Gasteiger partial charge on any atom is -0.476 e. The van der Waals surface area contributed by atoms with Crippen molar-refractivity contribution in [2.24, 2.45) is 0 Å². The number of aryl methyl sites for hydroxylation is 2. The predicted octanol–water partition coefficient (Wildman–Crippen LogP) is 1.89. The summed E-state index contributed by atoms with van der Waals surface area (Å²) in [5, 5.41) is 16.5. The summed E-state index contributed by atoms with van der Waals surface area (Å²) in [7, 11) is 0. The van der Waals surface area contributed by atoms with E-state index >= 15 is 0 Å². The summed E-state index contributed by atoms with van der Waals surface area (Å²) in [6.45, 7) is 5.67. The number of hydrogen-bond acceptors (Lipinski definition) is 3. The van der Waals surface area contributed by atoms with Gasteiger partial charge in [-0.1, -0.05) is 11.3 Å². The van der Waals surface area contributed by atoms with Crippen molar-refractivity contribution < 1.29 is 9.90 Å². The van der Waals surface area contributed by atoms with Gasteiger partial charge in [0.15, 0.2) is 5.69 Å². The third kappa shape index (κ3) is 2.04. The molecule has 0 unspecified atom stereocenters. The van der Waals surface area contributed by atoms with E-state index in [1.807, 2.05) is 32.0 Å². The standard InChI is InChI=1S/C12H13N3O2/c1-7-4-8(2)6-10(5-7)15-9(3)11(12(16)17)13-14-15/h4-6H,1-3H3,(H,16,17). The van der Waals surface area contributed by atoms with E-state index in [1.165, 1.54) is 0 Å². The van der Waals surface area contributed by atoms with Gasteiger partial charge in [0.2, 0.25) is 0 Å². The molecule has 88 valence electrons. The summed E-state index contributed by atoms with van der Waals surface area (Å²) in [4.78, 5) is 10.9. The van der Waals surface area contributed by atoms with Crippen molar-refractivity contribution >= 4 is 5.97 Å². The number of carbonyl (C=O) groups is 1. The van der Waals surface area contributed by atoms with Crippen LogP contribution >= 0.6 is 0 Å². The Morgan fingerprint density at radius 3 is 2.24 bits per heavy atom. The van der Waals surface area contributed by atoms with Crippen molar-refractivity contribution in [3.05, 3.63) is 40.7 Å². The molecule has 17 heavy (non-hydrogen) atoms. The quantitative estimate of drug-likeness (QED) is 0.857. The number of carboxylic acids is 1. The van der Waals surface area contributed by atoms with E-state index < -0.39 is 5.97 Å². The average molecular weight is 231 g/mol. The molecule has 1 aromatic carbocycles. The lowest BCUT2D eigenvalue weighted by molar-refractivity contribution is 0.0689. The minimum atomic E-state index is -1.06. The molecule has 0 aliphatic carbocycles. The van der Waals surface area contributed by atoms with Gasteiger partial charge in [0.25, 0.3) is 0 Å². The van der Waals surface area contributed by atoms with E-state index in [-0.39, 0.29) is 5.69 Å². The summed E-state index contributed by atoms with van der Waals surface area (Å²) in [6.07, 6.45) is 0. The Bertz CT molecular complexity index is 567. The number of rotatable bonds is 2. The third-order valence-corrected chi connectivity index (χ3v) is 2.55. The Balaban J connectivity index is 2.57. The largest absolute Gasteiger partial charge is 0.476 e. The first kappa shape index (κ1) is 11.3. The molecule has 0 aliphatic rings. The van der Waals surface area contributed by atoms with E-state index in [0.717, 1.165) is 16.8 Å². The molecule has 0 amide bonds. The molecule has 1 aromatic heterocycles.